The van der Waals surface area contributed by atoms with Gasteiger partial charge in [0, 0.05) is 17.2 Å². The Hall–Kier alpha value is -1.32. The molecule has 0 aliphatic heterocycles. The lowest BCUT2D eigenvalue weighted by atomic mass is 10.2. The minimum absolute atomic E-state index is 0.167. The maximum atomic E-state index is 13.1. The van der Waals surface area contributed by atoms with Gasteiger partial charge in [-0.2, -0.15) is 0 Å². The number of thioether (sulfide) groups is 1. The predicted molar refractivity (Wildman–Crippen MR) is 88.9 cm³/mol. The topological polar surface area (TPSA) is 12.0 Å². The second-order valence-electron chi connectivity index (χ2n) is 5.59. The van der Waals surface area contributed by atoms with Crippen molar-refractivity contribution in [3.05, 3.63) is 65.5 Å². The summed E-state index contributed by atoms with van der Waals surface area (Å²) in [5.41, 5.74) is 2.31. The lowest BCUT2D eigenvalue weighted by molar-refractivity contribution is 0.552. The highest BCUT2D eigenvalue weighted by molar-refractivity contribution is 7.98. The molecule has 21 heavy (non-hydrogen) atoms. The van der Waals surface area contributed by atoms with Crippen molar-refractivity contribution in [2.45, 2.75) is 31.0 Å². The first-order valence-corrected chi connectivity index (χ1v) is 8.29. The van der Waals surface area contributed by atoms with E-state index < -0.39 is 0 Å². The largest absolute Gasteiger partial charge is 0.312 e. The Labute approximate surface area is 131 Å². The van der Waals surface area contributed by atoms with Crippen LogP contribution in [0, 0.1) is 11.7 Å². The molecular weight excluding hydrogens is 281 g/mol. The monoisotopic (exact) mass is 303 g/mol. The van der Waals surface area contributed by atoms with E-state index in [1.165, 1.54) is 16.5 Å². The highest BCUT2D eigenvalue weighted by Crippen LogP contribution is 2.23. The van der Waals surface area contributed by atoms with E-state index in [0.29, 0.717) is 5.92 Å². The van der Waals surface area contributed by atoms with Gasteiger partial charge >= 0.3 is 0 Å². The smallest absolute Gasteiger partial charge is 0.123 e. The Morgan fingerprint density at radius 3 is 2.48 bits per heavy atom. The average Bonchev–Trinajstić information content (AvgIpc) is 2.46. The van der Waals surface area contributed by atoms with Gasteiger partial charge in [-0.15, -0.1) is 11.8 Å². The summed E-state index contributed by atoms with van der Waals surface area (Å²) in [5.74, 6) is 1.30. The average molecular weight is 303 g/mol. The van der Waals surface area contributed by atoms with Crippen molar-refractivity contribution in [2.24, 2.45) is 5.92 Å². The van der Waals surface area contributed by atoms with Gasteiger partial charge in [0.2, 0.25) is 0 Å². The number of hydrogen-bond acceptors (Lipinski definition) is 2. The van der Waals surface area contributed by atoms with E-state index in [2.05, 4.69) is 43.4 Å². The van der Waals surface area contributed by atoms with Crippen LogP contribution in [0.15, 0.2) is 53.4 Å². The van der Waals surface area contributed by atoms with E-state index in [0.717, 1.165) is 24.4 Å². The third kappa shape index (κ3) is 5.90. The van der Waals surface area contributed by atoms with Gasteiger partial charge in [0.25, 0.3) is 0 Å². The van der Waals surface area contributed by atoms with Crippen LogP contribution in [0.3, 0.4) is 0 Å². The fourth-order valence-electron chi connectivity index (χ4n) is 2.00. The zero-order valence-electron chi connectivity index (χ0n) is 12.6. The molecule has 1 nitrogen and oxygen atoms in total. The molecule has 0 fully saturated rings. The molecule has 0 aliphatic carbocycles. The number of rotatable bonds is 7. The summed E-state index contributed by atoms with van der Waals surface area (Å²) in [6.07, 6.45) is 0. The van der Waals surface area contributed by atoms with E-state index >= 15 is 0 Å². The molecule has 0 heterocycles. The van der Waals surface area contributed by atoms with E-state index in [-0.39, 0.29) is 5.82 Å². The van der Waals surface area contributed by atoms with Crippen LogP contribution in [0.1, 0.15) is 25.0 Å². The van der Waals surface area contributed by atoms with Crippen LogP contribution in [0.4, 0.5) is 4.39 Å². The van der Waals surface area contributed by atoms with Gasteiger partial charge in [-0.3, -0.25) is 0 Å². The summed E-state index contributed by atoms with van der Waals surface area (Å²) in [7, 11) is 0. The third-order valence-corrected chi connectivity index (χ3v) is 4.18. The summed E-state index contributed by atoms with van der Waals surface area (Å²) in [5, 5.41) is 3.44. The zero-order valence-corrected chi connectivity index (χ0v) is 13.4. The molecule has 112 valence electrons. The Bertz CT molecular complexity index is 551. The molecule has 3 heteroatoms. The first kappa shape index (κ1) is 16.1. The summed E-state index contributed by atoms with van der Waals surface area (Å²) in [6, 6.07) is 15.4. The minimum atomic E-state index is -0.167. The SMILES string of the molecule is CC(C)CNCc1ccc(SCc2cccc(F)c2)cc1. The predicted octanol–water partition coefficient (Wildman–Crippen LogP) is 4.86. The third-order valence-electron chi connectivity index (χ3n) is 3.10. The van der Waals surface area contributed by atoms with Gasteiger partial charge in [0.1, 0.15) is 5.82 Å². The standard InChI is InChI=1S/C18H22FNS/c1-14(2)11-20-12-15-6-8-18(9-7-15)21-13-16-4-3-5-17(19)10-16/h3-10,14,20H,11-13H2,1-2H3. The van der Waals surface area contributed by atoms with Gasteiger partial charge in [0.15, 0.2) is 0 Å². The first-order chi connectivity index (χ1) is 10.1. The van der Waals surface area contributed by atoms with Crippen LogP contribution < -0.4 is 5.32 Å². The van der Waals surface area contributed by atoms with Crippen LogP contribution in [-0.4, -0.2) is 6.54 Å². The highest BCUT2D eigenvalue weighted by Gasteiger charge is 1.99. The molecule has 2 rings (SSSR count). The number of halogens is 1. The van der Waals surface area contributed by atoms with E-state index in [1.807, 2.05) is 6.07 Å². The molecule has 0 unspecified atom stereocenters. The highest BCUT2D eigenvalue weighted by atomic mass is 32.2. The zero-order chi connectivity index (χ0) is 15.1. The number of benzene rings is 2. The van der Waals surface area contributed by atoms with Gasteiger partial charge in [0.05, 0.1) is 0 Å². The molecule has 0 bridgehead atoms. The maximum Gasteiger partial charge on any atom is 0.123 e. The summed E-state index contributed by atoms with van der Waals surface area (Å²) < 4.78 is 13.1. The Morgan fingerprint density at radius 2 is 1.81 bits per heavy atom. The molecule has 2 aromatic carbocycles. The molecule has 0 aromatic heterocycles. The fraction of sp³-hybridized carbons (Fsp3) is 0.333. The molecule has 0 aliphatic rings. The van der Waals surface area contributed by atoms with Crippen molar-refractivity contribution in [3.63, 3.8) is 0 Å². The van der Waals surface area contributed by atoms with Crippen molar-refractivity contribution in [3.8, 4) is 0 Å². The summed E-state index contributed by atoms with van der Waals surface area (Å²) in [4.78, 5) is 1.21. The van der Waals surface area contributed by atoms with Crippen LogP contribution in [-0.2, 0) is 12.3 Å². The van der Waals surface area contributed by atoms with Crippen molar-refractivity contribution >= 4 is 11.8 Å². The molecule has 0 amide bonds. The van der Waals surface area contributed by atoms with Crippen molar-refractivity contribution in [1.29, 1.82) is 0 Å². The van der Waals surface area contributed by atoms with Crippen LogP contribution >= 0.6 is 11.8 Å². The molecule has 1 N–H and O–H groups in total. The molecule has 0 spiro atoms. The van der Waals surface area contributed by atoms with Gasteiger partial charge in [-0.25, -0.2) is 4.39 Å². The Morgan fingerprint density at radius 1 is 1.05 bits per heavy atom. The number of hydrogen-bond donors (Lipinski definition) is 1. The summed E-state index contributed by atoms with van der Waals surface area (Å²) >= 11 is 1.73. The lowest BCUT2D eigenvalue weighted by Gasteiger charge is -2.08. The van der Waals surface area contributed by atoms with Crippen molar-refractivity contribution < 1.29 is 4.39 Å². The van der Waals surface area contributed by atoms with Crippen LogP contribution in [0.5, 0.6) is 0 Å². The molecule has 0 atom stereocenters. The first-order valence-electron chi connectivity index (χ1n) is 7.30. The van der Waals surface area contributed by atoms with E-state index in [1.54, 1.807) is 23.9 Å². The van der Waals surface area contributed by atoms with Crippen molar-refractivity contribution in [1.82, 2.24) is 5.32 Å². The van der Waals surface area contributed by atoms with E-state index in [9.17, 15) is 4.39 Å². The second-order valence-corrected chi connectivity index (χ2v) is 6.64. The molecule has 0 radical (unpaired) electrons. The molecule has 0 saturated carbocycles. The Balaban J connectivity index is 1.82. The van der Waals surface area contributed by atoms with Gasteiger partial charge in [-0.05, 0) is 47.9 Å². The lowest BCUT2D eigenvalue weighted by Crippen LogP contribution is -2.18. The molecular formula is C18H22FNS. The number of nitrogens with one attached hydrogen (secondary N) is 1. The molecule has 0 saturated heterocycles. The van der Waals surface area contributed by atoms with Crippen LogP contribution in [0.2, 0.25) is 0 Å². The Kier molecular flexibility index (Phi) is 6.27. The van der Waals surface area contributed by atoms with E-state index in [4.69, 9.17) is 0 Å². The quantitative estimate of drug-likeness (QED) is 0.733. The minimum Gasteiger partial charge on any atom is -0.312 e. The van der Waals surface area contributed by atoms with Crippen LogP contribution in [0.25, 0.3) is 0 Å². The second kappa shape index (κ2) is 8.20. The maximum absolute atomic E-state index is 13.1. The summed E-state index contributed by atoms with van der Waals surface area (Å²) in [6.45, 7) is 6.36. The van der Waals surface area contributed by atoms with Crippen molar-refractivity contribution in [2.75, 3.05) is 6.54 Å². The van der Waals surface area contributed by atoms with Gasteiger partial charge in [-0.1, -0.05) is 38.1 Å². The molecule has 2 aromatic rings. The fourth-order valence-corrected chi connectivity index (χ4v) is 2.84. The van der Waals surface area contributed by atoms with Gasteiger partial charge < -0.3 is 5.32 Å². The normalized spacial score (nSPS) is 11.0.